The molecule has 1 aromatic rings. The highest BCUT2D eigenvalue weighted by Crippen LogP contribution is 2.14. The lowest BCUT2D eigenvalue weighted by Crippen LogP contribution is -2.32. The molecule has 6 heteroatoms. The van der Waals surface area contributed by atoms with Crippen LogP contribution in [0.1, 0.15) is 29.6 Å². The monoisotopic (exact) mass is 390 g/mol. The number of rotatable bonds is 4. The van der Waals surface area contributed by atoms with E-state index in [2.05, 4.69) is 5.32 Å². The molecule has 1 fully saturated rings. The van der Waals surface area contributed by atoms with Gasteiger partial charge in [-0.1, -0.05) is 0 Å². The standard InChI is InChI=1S/C14H16FIN2O2/c15-10-3-4-11(12(16)9-10)14(20)17-6-5-13(19)18-7-1-2-8-18/h3-4,9H,1-2,5-8H2,(H,17,20). The summed E-state index contributed by atoms with van der Waals surface area (Å²) in [7, 11) is 0. The minimum absolute atomic E-state index is 0.0802. The molecule has 0 aliphatic carbocycles. The second-order valence-corrected chi connectivity index (χ2v) is 5.88. The summed E-state index contributed by atoms with van der Waals surface area (Å²) >= 11 is 1.92. The average Bonchev–Trinajstić information content (AvgIpc) is 2.92. The van der Waals surface area contributed by atoms with E-state index in [0.717, 1.165) is 25.9 Å². The Balaban J connectivity index is 1.81. The third-order valence-corrected chi connectivity index (χ3v) is 4.15. The lowest BCUT2D eigenvalue weighted by molar-refractivity contribution is -0.129. The topological polar surface area (TPSA) is 49.4 Å². The minimum Gasteiger partial charge on any atom is -0.351 e. The van der Waals surface area contributed by atoms with Crippen LogP contribution in [0.2, 0.25) is 0 Å². The van der Waals surface area contributed by atoms with Crippen LogP contribution in [0.25, 0.3) is 0 Å². The first-order valence-corrected chi connectivity index (χ1v) is 7.67. The number of halogens is 2. The third kappa shape index (κ3) is 3.91. The lowest BCUT2D eigenvalue weighted by Gasteiger charge is -2.15. The maximum absolute atomic E-state index is 13.0. The maximum atomic E-state index is 13.0. The van der Waals surface area contributed by atoms with Crippen molar-refractivity contribution < 1.29 is 14.0 Å². The van der Waals surface area contributed by atoms with E-state index in [9.17, 15) is 14.0 Å². The summed E-state index contributed by atoms with van der Waals surface area (Å²) in [5.74, 6) is -0.560. The van der Waals surface area contributed by atoms with Gasteiger partial charge in [0.15, 0.2) is 0 Å². The zero-order chi connectivity index (χ0) is 14.5. The van der Waals surface area contributed by atoms with Crippen LogP contribution in [0.4, 0.5) is 4.39 Å². The first-order valence-electron chi connectivity index (χ1n) is 6.59. The van der Waals surface area contributed by atoms with Gasteiger partial charge in [0.2, 0.25) is 5.91 Å². The average molecular weight is 390 g/mol. The molecule has 20 heavy (non-hydrogen) atoms. The van der Waals surface area contributed by atoms with E-state index in [1.165, 1.54) is 18.2 Å². The summed E-state index contributed by atoms with van der Waals surface area (Å²) in [5, 5.41) is 2.70. The molecule has 1 saturated heterocycles. The van der Waals surface area contributed by atoms with Gasteiger partial charge < -0.3 is 10.2 Å². The summed E-state index contributed by atoms with van der Waals surface area (Å²) in [6.07, 6.45) is 2.43. The van der Waals surface area contributed by atoms with E-state index in [1.807, 2.05) is 27.5 Å². The number of carbonyl (C=O) groups is 2. The Labute approximate surface area is 130 Å². The molecule has 1 aliphatic rings. The molecular weight excluding hydrogens is 374 g/mol. The van der Waals surface area contributed by atoms with E-state index in [0.29, 0.717) is 22.1 Å². The van der Waals surface area contributed by atoms with Gasteiger partial charge >= 0.3 is 0 Å². The highest BCUT2D eigenvalue weighted by Gasteiger charge is 2.18. The number of benzene rings is 1. The van der Waals surface area contributed by atoms with Crippen molar-refractivity contribution in [3.05, 3.63) is 33.1 Å². The Morgan fingerprint density at radius 3 is 2.65 bits per heavy atom. The van der Waals surface area contributed by atoms with Crippen molar-refractivity contribution in [2.24, 2.45) is 0 Å². The Kier molecular flexibility index (Phi) is 5.33. The zero-order valence-corrected chi connectivity index (χ0v) is 13.2. The minimum atomic E-state index is -0.366. The van der Waals surface area contributed by atoms with E-state index >= 15 is 0 Å². The Morgan fingerprint density at radius 2 is 2.00 bits per heavy atom. The van der Waals surface area contributed by atoms with Gasteiger partial charge in [0.1, 0.15) is 5.82 Å². The van der Waals surface area contributed by atoms with Crippen LogP contribution < -0.4 is 5.32 Å². The first-order chi connectivity index (χ1) is 9.58. The number of amides is 2. The normalized spacial score (nSPS) is 14.4. The highest BCUT2D eigenvalue weighted by molar-refractivity contribution is 14.1. The van der Waals surface area contributed by atoms with Crippen LogP contribution in [0.5, 0.6) is 0 Å². The zero-order valence-electron chi connectivity index (χ0n) is 11.0. The van der Waals surface area contributed by atoms with Gasteiger partial charge in [0.05, 0.1) is 5.56 Å². The fourth-order valence-corrected chi connectivity index (χ4v) is 2.90. The van der Waals surface area contributed by atoms with Crippen molar-refractivity contribution in [1.82, 2.24) is 10.2 Å². The Morgan fingerprint density at radius 1 is 1.30 bits per heavy atom. The molecule has 0 spiro atoms. The van der Waals surface area contributed by atoms with Crippen molar-refractivity contribution in [2.75, 3.05) is 19.6 Å². The number of nitrogens with zero attached hydrogens (tertiary/aromatic N) is 1. The van der Waals surface area contributed by atoms with Gasteiger partial charge in [-0.25, -0.2) is 4.39 Å². The fraction of sp³-hybridized carbons (Fsp3) is 0.429. The fourth-order valence-electron chi connectivity index (χ4n) is 2.18. The van der Waals surface area contributed by atoms with Gasteiger partial charge in [0.25, 0.3) is 5.91 Å². The number of likely N-dealkylation sites (tertiary alicyclic amines) is 1. The van der Waals surface area contributed by atoms with E-state index in [4.69, 9.17) is 0 Å². The predicted octanol–water partition coefficient (Wildman–Crippen LogP) is 2.17. The molecule has 108 valence electrons. The van der Waals surface area contributed by atoms with Crippen LogP contribution in [0.15, 0.2) is 18.2 Å². The van der Waals surface area contributed by atoms with Crippen LogP contribution >= 0.6 is 22.6 Å². The Bertz CT molecular complexity index is 516. The lowest BCUT2D eigenvalue weighted by atomic mass is 10.2. The molecule has 1 aromatic carbocycles. The Hall–Kier alpha value is -1.18. The van der Waals surface area contributed by atoms with Crippen molar-refractivity contribution in [1.29, 1.82) is 0 Å². The number of carbonyl (C=O) groups excluding carboxylic acids is 2. The highest BCUT2D eigenvalue weighted by atomic mass is 127. The first kappa shape index (κ1) is 15.2. The molecule has 0 atom stereocenters. The van der Waals surface area contributed by atoms with Crippen LogP contribution in [0, 0.1) is 9.39 Å². The van der Waals surface area contributed by atoms with Crippen molar-refractivity contribution in [3.8, 4) is 0 Å². The van der Waals surface area contributed by atoms with Crippen LogP contribution in [0.3, 0.4) is 0 Å². The van der Waals surface area contributed by atoms with Gasteiger partial charge in [0, 0.05) is 29.6 Å². The smallest absolute Gasteiger partial charge is 0.252 e. The van der Waals surface area contributed by atoms with Crippen molar-refractivity contribution >= 4 is 34.4 Å². The molecule has 1 N–H and O–H groups in total. The van der Waals surface area contributed by atoms with Crippen molar-refractivity contribution in [3.63, 3.8) is 0 Å². The van der Waals surface area contributed by atoms with E-state index in [-0.39, 0.29) is 17.6 Å². The van der Waals surface area contributed by atoms with Crippen LogP contribution in [-0.4, -0.2) is 36.3 Å². The largest absolute Gasteiger partial charge is 0.351 e. The predicted molar refractivity (Wildman–Crippen MR) is 81.9 cm³/mol. The molecule has 1 heterocycles. The summed E-state index contributed by atoms with van der Waals surface area (Å²) in [6, 6.07) is 4.02. The number of hydrogen-bond donors (Lipinski definition) is 1. The summed E-state index contributed by atoms with van der Waals surface area (Å²) in [5.41, 5.74) is 0.431. The second kappa shape index (κ2) is 7.01. The molecule has 0 bridgehead atoms. The quantitative estimate of drug-likeness (QED) is 0.802. The summed E-state index contributed by atoms with van der Waals surface area (Å²) < 4.78 is 13.5. The molecule has 1 aliphatic heterocycles. The van der Waals surface area contributed by atoms with Gasteiger partial charge in [-0.05, 0) is 53.6 Å². The van der Waals surface area contributed by atoms with E-state index < -0.39 is 0 Å². The van der Waals surface area contributed by atoms with Gasteiger partial charge in [-0.2, -0.15) is 0 Å². The molecule has 2 amide bonds. The summed E-state index contributed by atoms with van der Waals surface area (Å²) in [4.78, 5) is 25.5. The second-order valence-electron chi connectivity index (χ2n) is 4.72. The third-order valence-electron chi connectivity index (χ3n) is 3.26. The maximum Gasteiger partial charge on any atom is 0.252 e. The van der Waals surface area contributed by atoms with Gasteiger partial charge in [-0.3, -0.25) is 9.59 Å². The number of nitrogens with one attached hydrogen (secondary N) is 1. The molecule has 0 radical (unpaired) electrons. The molecule has 0 saturated carbocycles. The molecule has 0 unspecified atom stereocenters. The SMILES string of the molecule is O=C(NCCC(=O)N1CCCC1)c1ccc(F)cc1I. The molecular formula is C14H16FIN2O2. The summed E-state index contributed by atoms with van der Waals surface area (Å²) in [6.45, 7) is 1.95. The van der Waals surface area contributed by atoms with Crippen LogP contribution in [-0.2, 0) is 4.79 Å². The van der Waals surface area contributed by atoms with Gasteiger partial charge in [-0.15, -0.1) is 0 Å². The number of hydrogen-bond acceptors (Lipinski definition) is 2. The molecule has 0 aromatic heterocycles. The van der Waals surface area contributed by atoms with Crippen molar-refractivity contribution in [2.45, 2.75) is 19.3 Å². The molecule has 4 nitrogen and oxygen atoms in total. The van der Waals surface area contributed by atoms with E-state index in [1.54, 1.807) is 0 Å². The molecule has 2 rings (SSSR count).